The predicted molar refractivity (Wildman–Crippen MR) is 132 cm³/mol. The first-order valence-corrected chi connectivity index (χ1v) is 13.5. The van der Waals surface area contributed by atoms with Crippen LogP contribution in [0.2, 0.25) is 0 Å². The third kappa shape index (κ3) is 4.32. The third-order valence-corrected chi connectivity index (χ3v) is 11.2. The van der Waals surface area contributed by atoms with E-state index >= 15 is 0 Å². The van der Waals surface area contributed by atoms with E-state index in [4.69, 9.17) is 9.84 Å². The summed E-state index contributed by atoms with van der Waals surface area (Å²) in [6.07, 6.45) is 8.36. The zero-order valence-corrected chi connectivity index (χ0v) is 21.6. The average Bonchev–Trinajstić information content (AvgIpc) is 3.15. The lowest BCUT2D eigenvalue weighted by Crippen LogP contribution is -2.62. The van der Waals surface area contributed by atoms with Crippen LogP contribution in [-0.2, 0) is 9.53 Å². The lowest BCUT2D eigenvalue weighted by Gasteiger charge is -2.64. The van der Waals surface area contributed by atoms with Crippen molar-refractivity contribution in [1.82, 2.24) is 5.32 Å². The van der Waals surface area contributed by atoms with Crippen LogP contribution in [0.1, 0.15) is 78.6 Å². The number of carboxylic acids is 1. The van der Waals surface area contributed by atoms with Crippen molar-refractivity contribution in [2.24, 2.45) is 46.3 Å². The number of hydrogen-bond acceptors (Lipinski definition) is 5. The van der Waals surface area contributed by atoms with Crippen LogP contribution in [0.4, 0.5) is 0 Å². The van der Waals surface area contributed by atoms with Gasteiger partial charge in [-0.05, 0) is 104 Å². The van der Waals surface area contributed by atoms with Crippen LogP contribution in [0, 0.1) is 46.3 Å². The Balaban J connectivity index is 1.51. The van der Waals surface area contributed by atoms with Crippen molar-refractivity contribution < 1.29 is 24.9 Å². The van der Waals surface area contributed by atoms with Crippen molar-refractivity contribution in [3.8, 4) is 0 Å². The second-order valence-corrected chi connectivity index (χ2v) is 12.6. The predicted octanol–water partition coefficient (Wildman–Crippen LogP) is 4.21. The summed E-state index contributed by atoms with van der Waals surface area (Å²) in [5.74, 6) is 1.85. The number of hydrogen-bond donors (Lipinski definition) is 4. The molecule has 0 aromatic carbocycles. The molecule has 0 aromatic heterocycles. The normalized spacial score (nSPS) is 46.6. The topological polar surface area (TPSA) is 99.0 Å². The van der Waals surface area contributed by atoms with Gasteiger partial charge >= 0.3 is 5.97 Å². The van der Waals surface area contributed by atoms with E-state index in [1.165, 1.54) is 0 Å². The Labute approximate surface area is 205 Å². The molecular weight excluding hydrogens is 430 g/mol. The number of carbonyl (C=O) groups is 1. The van der Waals surface area contributed by atoms with Gasteiger partial charge in [-0.3, -0.25) is 4.79 Å². The Kier molecular flexibility index (Phi) is 7.44. The molecule has 0 aromatic rings. The number of aliphatic hydroxyl groups excluding tert-OH is 2. The smallest absolute Gasteiger partial charge is 0.322 e. The van der Waals surface area contributed by atoms with Crippen LogP contribution in [0.15, 0.2) is 12.3 Å². The molecule has 11 unspecified atom stereocenters. The number of aliphatic hydroxyl groups is 2. The highest BCUT2D eigenvalue weighted by Crippen LogP contribution is 2.68. The summed E-state index contributed by atoms with van der Waals surface area (Å²) in [7, 11) is 1.86. The maximum atomic E-state index is 11.7. The first kappa shape index (κ1) is 26.0. The molecule has 0 spiro atoms. The number of aliphatic carboxylic acids is 1. The minimum Gasteiger partial charge on any atom is -0.480 e. The van der Waals surface area contributed by atoms with Crippen LogP contribution < -0.4 is 5.32 Å². The Morgan fingerprint density at radius 2 is 1.88 bits per heavy atom. The molecule has 0 bridgehead atoms. The first-order chi connectivity index (χ1) is 16.0. The SMILES string of the molecule is C=C(CCC(C)C1CCC2C3C(OC)CC4CC(O)CCC4(C)C3CC(O)C12C)NCC(=O)O. The standard InChI is InChI=1S/C28H47NO5/c1-16(6-7-17(2)29-15-25(32)33)20-8-9-21-26-22(14-24(31)28(20,21)4)27(3)11-10-19(30)12-18(27)13-23(26)34-5/h16,18-24,26,29-31H,2,6-15H2,1,3-5H3,(H,32,33). The monoisotopic (exact) mass is 477 g/mol. The van der Waals surface area contributed by atoms with E-state index in [1.54, 1.807) is 0 Å². The third-order valence-electron chi connectivity index (χ3n) is 11.2. The van der Waals surface area contributed by atoms with Gasteiger partial charge < -0.3 is 25.4 Å². The summed E-state index contributed by atoms with van der Waals surface area (Å²) in [5, 5.41) is 33.9. The molecule has 0 amide bonds. The number of fused-ring (bicyclic) bond motifs is 5. The fourth-order valence-corrected chi connectivity index (χ4v) is 9.25. The van der Waals surface area contributed by atoms with Crippen LogP contribution in [0.25, 0.3) is 0 Å². The molecule has 4 fully saturated rings. The maximum Gasteiger partial charge on any atom is 0.322 e. The van der Waals surface area contributed by atoms with Crippen LogP contribution in [-0.4, -0.2) is 53.3 Å². The molecule has 4 aliphatic carbocycles. The van der Waals surface area contributed by atoms with E-state index in [1.807, 2.05) is 7.11 Å². The van der Waals surface area contributed by atoms with E-state index in [9.17, 15) is 15.0 Å². The Morgan fingerprint density at radius 1 is 1.15 bits per heavy atom. The molecular formula is C28H47NO5. The van der Waals surface area contributed by atoms with Crippen molar-refractivity contribution in [2.75, 3.05) is 13.7 Å². The van der Waals surface area contributed by atoms with Gasteiger partial charge in [0.25, 0.3) is 0 Å². The zero-order chi connectivity index (χ0) is 24.8. The average molecular weight is 478 g/mol. The van der Waals surface area contributed by atoms with Gasteiger partial charge in [-0.15, -0.1) is 0 Å². The van der Waals surface area contributed by atoms with Crippen molar-refractivity contribution in [1.29, 1.82) is 0 Å². The van der Waals surface area contributed by atoms with Crippen molar-refractivity contribution >= 4 is 5.97 Å². The van der Waals surface area contributed by atoms with E-state index in [2.05, 4.69) is 32.7 Å². The Bertz CT molecular complexity index is 772. The second-order valence-electron chi connectivity index (χ2n) is 12.6. The summed E-state index contributed by atoms with van der Waals surface area (Å²) in [6, 6.07) is 0. The summed E-state index contributed by atoms with van der Waals surface area (Å²) in [5.41, 5.74) is 0.840. The zero-order valence-electron chi connectivity index (χ0n) is 21.6. The highest BCUT2D eigenvalue weighted by molar-refractivity contribution is 5.69. The fourth-order valence-electron chi connectivity index (χ4n) is 9.25. The van der Waals surface area contributed by atoms with Gasteiger partial charge in [0.1, 0.15) is 6.54 Å². The maximum absolute atomic E-state index is 11.7. The van der Waals surface area contributed by atoms with Gasteiger partial charge in [0.15, 0.2) is 0 Å². The number of nitrogens with one attached hydrogen (secondary N) is 1. The molecule has 4 rings (SSSR count). The van der Waals surface area contributed by atoms with E-state index < -0.39 is 5.97 Å². The largest absolute Gasteiger partial charge is 0.480 e. The molecule has 11 atom stereocenters. The van der Waals surface area contributed by atoms with Crippen LogP contribution in [0.5, 0.6) is 0 Å². The quantitative estimate of drug-likeness (QED) is 0.418. The minimum absolute atomic E-state index is 0.0899. The van der Waals surface area contributed by atoms with Gasteiger partial charge in [-0.25, -0.2) is 0 Å². The number of carboxylic acid groups (broad SMARTS) is 1. The molecule has 6 heteroatoms. The molecule has 6 nitrogen and oxygen atoms in total. The number of methoxy groups -OCH3 is 1. The van der Waals surface area contributed by atoms with Gasteiger partial charge in [-0.2, -0.15) is 0 Å². The molecule has 0 radical (unpaired) electrons. The van der Waals surface area contributed by atoms with E-state index in [0.717, 1.165) is 63.5 Å². The van der Waals surface area contributed by atoms with Crippen molar-refractivity contribution in [3.05, 3.63) is 12.3 Å². The Hall–Kier alpha value is -1.11. The molecule has 0 heterocycles. The van der Waals surface area contributed by atoms with Gasteiger partial charge in [-0.1, -0.05) is 27.4 Å². The minimum atomic E-state index is -0.871. The number of ether oxygens (including phenoxy) is 1. The number of allylic oxidation sites excluding steroid dienone is 1. The Morgan fingerprint density at radius 3 is 2.56 bits per heavy atom. The van der Waals surface area contributed by atoms with Crippen molar-refractivity contribution in [2.45, 2.75) is 96.9 Å². The molecule has 4 N–H and O–H groups in total. The van der Waals surface area contributed by atoms with Crippen LogP contribution in [0.3, 0.4) is 0 Å². The second kappa shape index (κ2) is 9.74. The summed E-state index contributed by atoms with van der Waals surface area (Å²) in [4.78, 5) is 10.8. The molecule has 194 valence electrons. The van der Waals surface area contributed by atoms with Crippen LogP contribution >= 0.6 is 0 Å². The molecule has 4 aliphatic rings. The highest BCUT2D eigenvalue weighted by Gasteiger charge is 2.65. The highest BCUT2D eigenvalue weighted by atomic mass is 16.5. The summed E-state index contributed by atoms with van der Waals surface area (Å²) < 4.78 is 6.17. The van der Waals surface area contributed by atoms with Gasteiger partial charge in [0.2, 0.25) is 0 Å². The van der Waals surface area contributed by atoms with E-state index in [0.29, 0.717) is 35.5 Å². The molecule has 4 saturated carbocycles. The molecule has 0 saturated heterocycles. The van der Waals surface area contributed by atoms with Gasteiger partial charge in [0.05, 0.1) is 18.3 Å². The van der Waals surface area contributed by atoms with Gasteiger partial charge in [0, 0.05) is 12.8 Å². The summed E-state index contributed by atoms with van der Waals surface area (Å²) in [6.45, 7) is 11.0. The fraction of sp³-hybridized carbons (Fsp3) is 0.893. The number of rotatable bonds is 8. The van der Waals surface area contributed by atoms with E-state index in [-0.39, 0.29) is 35.7 Å². The van der Waals surface area contributed by atoms with Crippen molar-refractivity contribution in [3.63, 3.8) is 0 Å². The molecule has 0 aliphatic heterocycles. The summed E-state index contributed by atoms with van der Waals surface area (Å²) >= 11 is 0. The first-order valence-electron chi connectivity index (χ1n) is 13.5. The lowest BCUT2D eigenvalue weighted by atomic mass is 9.43. The lowest BCUT2D eigenvalue weighted by molar-refractivity contribution is -0.212. The molecule has 34 heavy (non-hydrogen) atoms.